The fourth-order valence-corrected chi connectivity index (χ4v) is 1.44. The molecule has 1 heterocycles. The van der Waals surface area contributed by atoms with E-state index in [4.69, 9.17) is 0 Å². The van der Waals surface area contributed by atoms with Gasteiger partial charge >= 0.3 is 0 Å². The first kappa shape index (κ1) is 8.26. The number of hydrogen-bond acceptors (Lipinski definition) is 2. The molecule has 0 radical (unpaired) electrons. The van der Waals surface area contributed by atoms with Crippen molar-refractivity contribution in [3.63, 3.8) is 0 Å². The van der Waals surface area contributed by atoms with Gasteiger partial charge in [-0.1, -0.05) is 0 Å². The van der Waals surface area contributed by atoms with E-state index in [0.717, 1.165) is 13.1 Å². The van der Waals surface area contributed by atoms with Crippen LogP contribution in [0.2, 0.25) is 0 Å². The van der Waals surface area contributed by atoms with Crippen molar-refractivity contribution in [3.05, 3.63) is 0 Å². The SMILES string of the molecule is CC1C(=O)N(C)CCN1I. The monoisotopic (exact) mass is 254 g/mol. The Morgan fingerprint density at radius 3 is 2.70 bits per heavy atom. The molecule has 4 heteroatoms. The molecule has 0 aromatic rings. The van der Waals surface area contributed by atoms with E-state index in [1.165, 1.54) is 0 Å². The molecule has 1 atom stereocenters. The molecule has 1 aliphatic heterocycles. The van der Waals surface area contributed by atoms with Crippen molar-refractivity contribution < 1.29 is 4.79 Å². The van der Waals surface area contributed by atoms with Crippen LogP contribution in [-0.2, 0) is 4.79 Å². The fraction of sp³-hybridized carbons (Fsp3) is 0.833. The maximum absolute atomic E-state index is 11.2. The molecule has 0 aliphatic carbocycles. The van der Waals surface area contributed by atoms with E-state index in [1.54, 1.807) is 4.90 Å². The summed E-state index contributed by atoms with van der Waals surface area (Å²) < 4.78 is 2.04. The van der Waals surface area contributed by atoms with Crippen molar-refractivity contribution >= 4 is 28.8 Å². The molecule has 1 saturated heterocycles. The molecule has 0 aromatic heterocycles. The van der Waals surface area contributed by atoms with Gasteiger partial charge in [0.1, 0.15) is 0 Å². The number of carbonyl (C=O) groups is 1. The summed E-state index contributed by atoms with van der Waals surface area (Å²) in [5.41, 5.74) is 0. The molecule has 3 nitrogen and oxygen atoms in total. The molecule has 0 N–H and O–H groups in total. The highest BCUT2D eigenvalue weighted by Gasteiger charge is 2.27. The largest absolute Gasteiger partial charge is 0.343 e. The lowest BCUT2D eigenvalue weighted by Crippen LogP contribution is -2.50. The van der Waals surface area contributed by atoms with Crippen molar-refractivity contribution in [2.45, 2.75) is 13.0 Å². The number of hydrogen-bond donors (Lipinski definition) is 0. The molecule has 0 bridgehead atoms. The van der Waals surface area contributed by atoms with Gasteiger partial charge in [-0.05, 0) is 6.92 Å². The summed E-state index contributed by atoms with van der Waals surface area (Å²) in [6, 6.07) is 0.0550. The summed E-state index contributed by atoms with van der Waals surface area (Å²) in [5.74, 6) is 0.223. The molecule has 1 unspecified atom stereocenters. The zero-order valence-corrected chi connectivity index (χ0v) is 8.33. The number of piperazine rings is 1. The lowest BCUT2D eigenvalue weighted by atomic mass is 10.2. The number of likely N-dealkylation sites (N-methyl/N-ethyl adjacent to an activating group) is 1. The third-order valence-electron chi connectivity index (χ3n) is 1.80. The summed E-state index contributed by atoms with van der Waals surface area (Å²) in [6.07, 6.45) is 0. The molecule has 0 spiro atoms. The quantitative estimate of drug-likeness (QED) is 0.464. The summed E-state index contributed by atoms with van der Waals surface area (Å²) in [7, 11) is 1.85. The molecular weight excluding hydrogens is 243 g/mol. The van der Waals surface area contributed by atoms with E-state index < -0.39 is 0 Å². The fourth-order valence-electron chi connectivity index (χ4n) is 0.988. The van der Waals surface area contributed by atoms with Crippen LogP contribution in [0.15, 0.2) is 0 Å². The van der Waals surface area contributed by atoms with Crippen LogP contribution in [0.3, 0.4) is 0 Å². The number of amides is 1. The average molecular weight is 254 g/mol. The Morgan fingerprint density at radius 2 is 2.20 bits per heavy atom. The lowest BCUT2D eigenvalue weighted by Gasteiger charge is -2.33. The van der Waals surface area contributed by atoms with Crippen LogP contribution in [0.25, 0.3) is 0 Å². The van der Waals surface area contributed by atoms with Crippen LogP contribution in [0.4, 0.5) is 0 Å². The zero-order valence-electron chi connectivity index (χ0n) is 6.17. The van der Waals surface area contributed by atoms with E-state index in [1.807, 2.05) is 17.1 Å². The maximum Gasteiger partial charge on any atom is 0.240 e. The van der Waals surface area contributed by atoms with Crippen LogP contribution >= 0.6 is 22.9 Å². The van der Waals surface area contributed by atoms with Gasteiger partial charge < -0.3 is 4.90 Å². The number of carbonyl (C=O) groups excluding carboxylic acids is 1. The molecule has 1 aliphatic rings. The number of rotatable bonds is 0. The van der Waals surface area contributed by atoms with Gasteiger partial charge in [0.25, 0.3) is 0 Å². The molecular formula is C6H11IN2O. The summed E-state index contributed by atoms with van der Waals surface area (Å²) in [4.78, 5) is 13.0. The summed E-state index contributed by atoms with van der Waals surface area (Å²) in [6.45, 7) is 3.76. The van der Waals surface area contributed by atoms with E-state index >= 15 is 0 Å². The van der Waals surface area contributed by atoms with Crippen LogP contribution in [0, 0.1) is 0 Å². The van der Waals surface area contributed by atoms with Crippen LogP contribution in [0.1, 0.15) is 6.92 Å². The lowest BCUT2D eigenvalue weighted by molar-refractivity contribution is -0.135. The molecule has 10 heavy (non-hydrogen) atoms. The smallest absolute Gasteiger partial charge is 0.240 e. The molecule has 0 aromatic carbocycles. The normalized spacial score (nSPS) is 29.3. The molecule has 1 fully saturated rings. The van der Waals surface area contributed by atoms with Crippen molar-refractivity contribution in [3.8, 4) is 0 Å². The van der Waals surface area contributed by atoms with Crippen molar-refractivity contribution in [1.29, 1.82) is 0 Å². The van der Waals surface area contributed by atoms with Gasteiger partial charge in [-0.2, -0.15) is 0 Å². The third-order valence-corrected chi connectivity index (χ3v) is 3.12. The van der Waals surface area contributed by atoms with E-state index in [2.05, 4.69) is 22.9 Å². The van der Waals surface area contributed by atoms with Gasteiger partial charge in [0.15, 0.2) is 0 Å². The molecule has 58 valence electrons. The molecule has 0 saturated carbocycles. The number of halogens is 1. The first-order valence-electron chi connectivity index (χ1n) is 3.30. The predicted molar refractivity (Wildman–Crippen MR) is 47.8 cm³/mol. The molecule has 1 rings (SSSR count). The van der Waals surface area contributed by atoms with E-state index in [9.17, 15) is 4.79 Å². The Balaban J connectivity index is 2.60. The van der Waals surface area contributed by atoms with Gasteiger partial charge in [-0.15, -0.1) is 0 Å². The Bertz CT molecular complexity index is 151. The van der Waals surface area contributed by atoms with Gasteiger partial charge in [-0.3, -0.25) is 4.79 Å². The van der Waals surface area contributed by atoms with Crippen molar-refractivity contribution in [2.24, 2.45) is 0 Å². The Hall–Kier alpha value is 0.160. The van der Waals surface area contributed by atoms with Gasteiger partial charge in [0, 0.05) is 43.0 Å². The van der Waals surface area contributed by atoms with Crippen molar-refractivity contribution in [1.82, 2.24) is 8.01 Å². The van der Waals surface area contributed by atoms with Gasteiger partial charge in [0.05, 0.1) is 6.04 Å². The van der Waals surface area contributed by atoms with Crippen LogP contribution in [-0.4, -0.2) is 40.1 Å². The third kappa shape index (κ3) is 1.42. The second-order valence-electron chi connectivity index (χ2n) is 2.56. The topological polar surface area (TPSA) is 23.6 Å². The minimum absolute atomic E-state index is 0.0550. The zero-order chi connectivity index (χ0) is 7.72. The van der Waals surface area contributed by atoms with Gasteiger partial charge in [0.2, 0.25) is 5.91 Å². The Kier molecular flexibility index (Phi) is 2.51. The Morgan fingerprint density at radius 1 is 1.60 bits per heavy atom. The van der Waals surface area contributed by atoms with Crippen LogP contribution in [0.5, 0.6) is 0 Å². The highest BCUT2D eigenvalue weighted by atomic mass is 127. The minimum atomic E-state index is 0.0550. The maximum atomic E-state index is 11.2. The number of nitrogens with zero attached hydrogens (tertiary/aromatic N) is 2. The Labute approximate surface area is 74.9 Å². The van der Waals surface area contributed by atoms with Crippen molar-refractivity contribution in [2.75, 3.05) is 20.1 Å². The summed E-state index contributed by atoms with van der Waals surface area (Å²) in [5, 5.41) is 0. The standard InChI is InChI=1S/C6H11IN2O/c1-5-6(10)8(2)3-4-9(5)7/h5H,3-4H2,1-2H3. The van der Waals surface area contributed by atoms with E-state index in [0.29, 0.717) is 0 Å². The highest BCUT2D eigenvalue weighted by Crippen LogP contribution is 2.13. The summed E-state index contributed by atoms with van der Waals surface area (Å²) >= 11 is 2.19. The van der Waals surface area contributed by atoms with Crippen LogP contribution < -0.4 is 0 Å². The highest BCUT2D eigenvalue weighted by molar-refractivity contribution is 14.1. The second-order valence-corrected chi connectivity index (χ2v) is 3.80. The first-order valence-corrected chi connectivity index (χ1v) is 4.27. The first-order chi connectivity index (χ1) is 4.63. The van der Waals surface area contributed by atoms with Gasteiger partial charge in [-0.25, -0.2) is 3.11 Å². The van der Waals surface area contributed by atoms with E-state index in [-0.39, 0.29) is 11.9 Å². The molecule has 1 amide bonds. The average Bonchev–Trinajstić information content (AvgIpc) is 1.93. The predicted octanol–water partition coefficient (Wildman–Crippen LogP) is 0.499. The second kappa shape index (κ2) is 3.04. The minimum Gasteiger partial charge on any atom is -0.343 e.